The zero-order valence-electron chi connectivity index (χ0n) is 10.7. The van der Waals surface area contributed by atoms with Crippen LogP contribution < -0.4 is 11.1 Å². The second-order valence-corrected chi connectivity index (χ2v) is 6.06. The van der Waals surface area contributed by atoms with Gasteiger partial charge in [0, 0.05) is 0 Å². The van der Waals surface area contributed by atoms with Crippen LogP contribution in [0.2, 0.25) is 0 Å². The maximum Gasteiger partial charge on any atom is 0.323 e. The second-order valence-electron chi connectivity index (χ2n) is 6.06. The summed E-state index contributed by atoms with van der Waals surface area (Å²) >= 11 is 0. The number of primary amides is 1. The molecule has 17 heavy (non-hydrogen) atoms. The van der Waals surface area contributed by atoms with E-state index in [1.165, 1.54) is 0 Å². The van der Waals surface area contributed by atoms with E-state index in [-0.39, 0.29) is 12.0 Å². The standard InChI is InChI=1S/C12H22N2O3/c1-8-4-11(2,3)7-12(5-8,10(16)17)14-6-9(13)15/h8,14H,4-7H2,1-3H3,(H2,13,15)(H,16,17). The van der Waals surface area contributed by atoms with Crippen LogP contribution >= 0.6 is 0 Å². The van der Waals surface area contributed by atoms with Gasteiger partial charge < -0.3 is 10.8 Å². The Hall–Kier alpha value is -1.10. The fourth-order valence-electron chi connectivity index (χ4n) is 3.20. The molecule has 0 aliphatic heterocycles. The van der Waals surface area contributed by atoms with Gasteiger partial charge in [0.05, 0.1) is 6.54 Å². The molecule has 1 aliphatic carbocycles. The summed E-state index contributed by atoms with van der Waals surface area (Å²) in [5, 5.41) is 12.3. The van der Waals surface area contributed by atoms with Gasteiger partial charge >= 0.3 is 5.97 Å². The highest BCUT2D eigenvalue weighted by Crippen LogP contribution is 2.43. The molecule has 0 aromatic heterocycles. The Balaban J connectivity index is 2.90. The lowest BCUT2D eigenvalue weighted by Crippen LogP contribution is -2.59. The van der Waals surface area contributed by atoms with Crippen LogP contribution in [0, 0.1) is 11.3 Å². The molecule has 0 heterocycles. The van der Waals surface area contributed by atoms with E-state index in [4.69, 9.17) is 5.73 Å². The first kappa shape index (κ1) is 14.0. The summed E-state index contributed by atoms with van der Waals surface area (Å²) in [6.45, 7) is 6.08. The van der Waals surface area contributed by atoms with Crippen molar-refractivity contribution >= 4 is 11.9 Å². The lowest BCUT2D eigenvalue weighted by Gasteiger charge is -2.45. The molecule has 0 spiro atoms. The molecule has 1 fully saturated rings. The van der Waals surface area contributed by atoms with E-state index >= 15 is 0 Å². The van der Waals surface area contributed by atoms with Crippen LogP contribution in [0.1, 0.15) is 40.0 Å². The van der Waals surface area contributed by atoms with Gasteiger partial charge in [-0.15, -0.1) is 0 Å². The van der Waals surface area contributed by atoms with Crippen molar-refractivity contribution in [1.82, 2.24) is 5.32 Å². The summed E-state index contributed by atoms with van der Waals surface area (Å²) in [6.07, 6.45) is 2.06. The molecule has 0 radical (unpaired) electrons. The first-order valence-electron chi connectivity index (χ1n) is 5.94. The first-order valence-corrected chi connectivity index (χ1v) is 5.94. The maximum atomic E-state index is 11.5. The van der Waals surface area contributed by atoms with E-state index in [2.05, 4.69) is 19.2 Å². The Morgan fingerprint density at radius 1 is 1.41 bits per heavy atom. The summed E-state index contributed by atoms with van der Waals surface area (Å²) in [7, 11) is 0. The van der Waals surface area contributed by atoms with Gasteiger partial charge in [-0.25, -0.2) is 0 Å². The van der Waals surface area contributed by atoms with E-state index in [1.807, 2.05) is 6.92 Å². The molecule has 5 nitrogen and oxygen atoms in total. The highest BCUT2D eigenvalue weighted by atomic mass is 16.4. The van der Waals surface area contributed by atoms with Crippen LogP contribution in [-0.4, -0.2) is 29.1 Å². The third-order valence-corrected chi connectivity index (χ3v) is 3.39. The summed E-state index contributed by atoms with van der Waals surface area (Å²) in [6, 6.07) is 0. The number of nitrogens with one attached hydrogen (secondary N) is 1. The van der Waals surface area contributed by atoms with E-state index in [0.717, 1.165) is 6.42 Å². The van der Waals surface area contributed by atoms with Gasteiger partial charge in [0.2, 0.25) is 5.91 Å². The number of rotatable bonds is 4. The number of carbonyl (C=O) groups excluding carboxylic acids is 1. The van der Waals surface area contributed by atoms with Gasteiger partial charge in [-0.1, -0.05) is 20.8 Å². The van der Waals surface area contributed by atoms with Crippen molar-refractivity contribution in [3.8, 4) is 0 Å². The van der Waals surface area contributed by atoms with Crippen molar-refractivity contribution in [3.63, 3.8) is 0 Å². The quantitative estimate of drug-likeness (QED) is 0.677. The Morgan fingerprint density at radius 3 is 2.41 bits per heavy atom. The zero-order valence-corrected chi connectivity index (χ0v) is 10.7. The smallest absolute Gasteiger partial charge is 0.323 e. The van der Waals surface area contributed by atoms with Crippen molar-refractivity contribution in [1.29, 1.82) is 0 Å². The van der Waals surface area contributed by atoms with E-state index in [0.29, 0.717) is 18.8 Å². The molecule has 1 amide bonds. The van der Waals surface area contributed by atoms with E-state index in [9.17, 15) is 14.7 Å². The van der Waals surface area contributed by atoms with Crippen LogP contribution in [0.15, 0.2) is 0 Å². The van der Waals surface area contributed by atoms with Gasteiger partial charge in [-0.3, -0.25) is 14.9 Å². The molecule has 98 valence electrons. The molecule has 0 aromatic rings. The Morgan fingerprint density at radius 2 is 2.00 bits per heavy atom. The molecule has 1 rings (SSSR count). The van der Waals surface area contributed by atoms with Gasteiger partial charge in [-0.2, -0.15) is 0 Å². The zero-order chi connectivity index (χ0) is 13.3. The predicted molar refractivity (Wildman–Crippen MR) is 64.4 cm³/mol. The van der Waals surface area contributed by atoms with Crippen molar-refractivity contribution in [2.45, 2.75) is 45.6 Å². The summed E-state index contributed by atoms with van der Waals surface area (Å²) in [4.78, 5) is 22.3. The molecule has 4 N–H and O–H groups in total. The van der Waals surface area contributed by atoms with Crippen LogP contribution in [0.5, 0.6) is 0 Å². The van der Waals surface area contributed by atoms with E-state index < -0.39 is 17.4 Å². The number of hydrogen-bond donors (Lipinski definition) is 3. The van der Waals surface area contributed by atoms with Crippen molar-refractivity contribution < 1.29 is 14.7 Å². The number of carboxylic acid groups (broad SMARTS) is 1. The van der Waals surface area contributed by atoms with Gasteiger partial charge in [0.1, 0.15) is 5.54 Å². The molecule has 0 saturated heterocycles. The Labute approximate surface area is 102 Å². The van der Waals surface area contributed by atoms with Crippen molar-refractivity contribution in [3.05, 3.63) is 0 Å². The number of amides is 1. The number of carboxylic acids is 1. The van der Waals surface area contributed by atoms with Gasteiger partial charge in [0.15, 0.2) is 0 Å². The monoisotopic (exact) mass is 242 g/mol. The Bertz CT molecular complexity index is 328. The average Bonchev–Trinajstić information content (AvgIpc) is 2.11. The van der Waals surface area contributed by atoms with Gasteiger partial charge in [-0.05, 0) is 30.6 Å². The minimum atomic E-state index is -1.02. The first-order chi connectivity index (χ1) is 7.67. The molecule has 0 aromatic carbocycles. The average molecular weight is 242 g/mol. The van der Waals surface area contributed by atoms with E-state index in [1.54, 1.807) is 0 Å². The topological polar surface area (TPSA) is 92.4 Å². The third kappa shape index (κ3) is 3.43. The lowest BCUT2D eigenvalue weighted by atomic mass is 9.64. The van der Waals surface area contributed by atoms with Crippen LogP contribution in [-0.2, 0) is 9.59 Å². The fourth-order valence-corrected chi connectivity index (χ4v) is 3.20. The molecular weight excluding hydrogens is 220 g/mol. The molecule has 1 saturated carbocycles. The SMILES string of the molecule is CC1CC(C)(C)CC(NCC(N)=O)(C(=O)O)C1. The number of carbonyl (C=O) groups is 2. The number of hydrogen-bond acceptors (Lipinski definition) is 3. The summed E-state index contributed by atoms with van der Waals surface area (Å²) < 4.78 is 0. The van der Waals surface area contributed by atoms with Crippen molar-refractivity contribution in [2.24, 2.45) is 17.1 Å². The highest BCUT2D eigenvalue weighted by Gasteiger charge is 2.47. The number of aliphatic carboxylic acids is 1. The molecule has 2 unspecified atom stereocenters. The maximum absolute atomic E-state index is 11.5. The number of nitrogens with two attached hydrogens (primary N) is 1. The van der Waals surface area contributed by atoms with Crippen LogP contribution in [0.3, 0.4) is 0 Å². The molecule has 2 atom stereocenters. The minimum absolute atomic E-state index is 0.0410. The minimum Gasteiger partial charge on any atom is -0.480 e. The summed E-state index contributed by atoms with van der Waals surface area (Å²) in [5.74, 6) is -1.10. The normalized spacial score (nSPS) is 32.1. The van der Waals surface area contributed by atoms with Crippen LogP contribution in [0.4, 0.5) is 0 Å². The fraction of sp³-hybridized carbons (Fsp3) is 0.833. The Kier molecular flexibility index (Phi) is 3.81. The second kappa shape index (κ2) is 4.64. The largest absolute Gasteiger partial charge is 0.480 e. The molecular formula is C12H22N2O3. The highest BCUT2D eigenvalue weighted by molar-refractivity contribution is 5.81. The molecule has 1 aliphatic rings. The summed E-state index contributed by atoms with van der Waals surface area (Å²) in [5.41, 5.74) is 4.02. The van der Waals surface area contributed by atoms with Gasteiger partial charge in [0.25, 0.3) is 0 Å². The van der Waals surface area contributed by atoms with Crippen molar-refractivity contribution in [2.75, 3.05) is 6.54 Å². The molecule has 5 heteroatoms. The van der Waals surface area contributed by atoms with Crippen LogP contribution in [0.25, 0.3) is 0 Å². The lowest BCUT2D eigenvalue weighted by molar-refractivity contribution is -0.149. The predicted octanol–water partition coefficient (Wildman–Crippen LogP) is 0.731. The molecule has 0 bridgehead atoms. The third-order valence-electron chi connectivity index (χ3n) is 3.39.